The molecule has 1 aromatic heterocycles. The van der Waals surface area contributed by atoms with Crippen LogP contribution < -0.4 is 10.2 Å². The van der Waals surface area contributed by atoms with Crippen LogP contribution in [0.2, 0.25) is 0 Å². The number of hydrogen-bond donors (Lipinski definition) is 1. The summed E-state index contributed by atoms with van der Waals surface area (Å²) in [6.45, 7) is 5.97. The Labute approximate surface area is 127 Å². The summed E-state index contributed by atoms with van der Waals surface area (Å²) in [5, 5.41) is 15.5. The van der Waals surface area contributed by atoms with E-state index in [1.807, 2.05) is 6.07 Å². The molecule has 2 aromatic rings. The number of non-ortho nitro benzene ring substituents is 1. The molecule has 2 heterocycles. The molecule has 5 nitrogen and oxygen atoms in total. The molecular formula is C15H19N3O2S. The molecule has 1 aliphatic heterocycles. The first-order valence-electron chi connectivity index (χ1n) is 7.36. The summed E-state index contributed by atoms with van der Waals surface area (Å²) >= 11 is 1.74. The van der Waals surface area contributed by atoms with Crippen LogP contribution in [0, 0.1) is 10.1 Å². The number of nitrogens with zero attached hydrogens (tertiary/aromatic N) is 2. The second-order valence-corrected chi connectivity index (χ2v) is 6.47. The lowest BCUT2D eigenvalue weighted by molar-refractivity contribution is -0.384. The fraction of sp³-hybridized carbons (Fsp3) is 0.467. The fourth-order valence-corrected chi connectivity index (χ4v) is 3.98. The van der Waals surface area contributed by atoms with Crippen molar-refractivity contribution in [3.8, 4) is 0 Å². The molecule has 112 valence electrons. The Morgan fingerprint density at radius 3 is 3.10 bits per heavy atom. The van der Waals surface area contributed by atoms with Gasteiger partial charge in [0.05, 0.1) is 10.6 Å². The number of nitro benzene ring substituents is 1. The van der Waals surface area contributed by atoms with Crippen molar-refractivity contribution in [3.05, 3.63) is 33.2 Å². The lowest BCUT2D eigenvalue weighted by Gasteiger charge is -2.23. The number of hydrogen-bond acceptors (Lipinski definition) is 5. The lowest BCUT2D eigenvalue weighted by atomic mass is 10.1. The zero-order valence-corrected chi connectivity index (χ0v) is 12.9. The van der Waals surface area contributed by atoms with Crippen molar-refractivity contribution in [1.82, 2.24) is 5.32 Å². The van der Waals surface area contributed by atoms with Gasteiger partial charge in [0.2, 0.25) is 0 Å². The van der Waals surface area contributed by atoms with Gasteiger partial charge in [-0.1, -0.05) is 13.3 Å². The van der Waals surface area contributed by atoms with Gasteiger partial charge in [0.15, 0.2) is 0 Å². The maximum Gasteiger partial charge on any atom is 0.270 e. The molecule has 0 spiro atoms. The van der Waals surface area contributed by atoms with E-state index in [-0.39, 0.29) is 10.6 Å². The summed E-state index contributed by atoms with van der Waals surface area (Å²) in [7, 11) is 0. The van der Waals surface area contributed by atoms with Crippen LogP contribution in [0.1, 0.15) is 24.6 Å². The van der Waals surface area contributed by atoms with Crippen molar-refractivity contribution in [1.29, 1.82) is 0 Å². The molecule has 0 radical (unpaired) electrons. The molecule has 0 bridgehead atoms. The number of fused-ring (bicyclic) bond motifs is 3. The van der Waals surface area contributed by atoms with Crippen LogP contribution in [0.4, 0.5) is 11.4 Å². The number of nitro groups is 1. The van der Waals surface area contributed by atoms with Gasteiger partial charge in [-0.05, 0) is 12.5 Å². The number of unbranched alkanes of at least 4 members (excludes halogenated alkanes) is 1. The minimum Gasteiger partial charge on any atom is -0.369 e. The highest BCUT2D eigenvalue weighted by atomic mass is 32.1. The zero-order chi connectivity index (χ0) is 14.8. The van der Waals surface area contributed by atoms with Crippen LogP contribution in [0.3, 0.4) is 0 Å². The Balaban J connectivity index is 2.10. The number of benzene rings is 1. The average molecular weight is 305 g/mol. The van der Waals surface area contributed by atoms with Crippen LogP contribution in [0.5, 0.6) is 0 Å². The fourth-order valence-electron chi connectivity index (χ4n) is 2.80. The Morgan fingerprint density at radius 2 is 2.33 bits per heavy atom. The van der Waals surface area contributed by atoms with Gasteiger partial charge in [0.25, 0.3) is 5.69 Å². The molecule has 0 aliphatic carbocycles. The van der Waals surface area contributed by atoms with Crippen LogP contribution in [-0.2, 0) is 6.54 Å². The van der Waals surface area contributed by atoms with Gasteiger partial charge >= 0.3 is 0 Å². The third-order valence-corrected chi connectivity index (χ3v) is 5.03. The molecule has 0 saturated heterocycles. The van der Waals surface area contributed by atoms with Gasteiger partial charge in [-0.2, -0.15) is 0 Å². The first kappa shape index (κ1) is 14.3. The molecule has 21 heavy (non-hydrogen) atoms. The zero-order valence-electron chi connectivity index (χ0n) is 12.1. The van der Waals surface area contributed by atoms with Gasteiger partial charge in [-0.25, -0.2) is 0 Å². The maximum absolute atomic E-state index is 11.0. The molecular weight excluding hydrogens is 286 g/mol. The van der Waals surface area contributed by atoms with Crippen molar-refractivity contribution < 1.29 is 4.92 Å². The van der Waals surface area contributed by atoms with E-state index in [1.165, 1.54) is 10.6 Å². The summed E-state index contributed by atoms with van der Waals surface area (Å²) in [4.78, 5) is 14.4. The van der Waals surface area contributed by atoms with E-state index in [4.69, 9.17) is 0 Å². The number of thiophene rings is 1. The average Bonchev–Trinajstić information content (AvgIpc) is 2.72. The third-order valence-electron chi connectivity index (χ3n) is 3.87. The topological polar surface area (TPSA) is 58.4 Å². The van der Waals surface area contributed by atoms with Crippen LogP contribution >= 0.6 is 11.3 Å². The molecule has 0 unspecified atom stereocenters. The van der Waals surface area contributed by atoms with E-state index in [0.717, 1.165) is 49.1 Å². The summed E-state index contributed by atoms with van der Waals surface area (Å²) in [6, 6.07) is 5.21. The SMILES string of the molecule is CCCCN1CCNCc2sc3ccc([N+](=O)[O-])cc3c21. The van der Waals surface area contributed by atoms with Crippen LogP contribution in [0.15, 0.2) is 18.2 Å². The highest BCUT2D eigenvalue weighted by molar-refractivity contribution is 7.19. The Bertz CT molecular complexity index is 668. The van der Waals surface area contributed by atoms with Crippen molar-refractivity contribution in [2.24, 2.45) is 0 Å². The molecule has 1 aromatic carbocycles. The Kier molecular flexibility index (Phi) is 4.07. The number of nitrogens with one attached hydrogen (secondary N) is 1. The lowest BCUT2D eigenvalue weighted by Crippen LogP contribution is -2.29. The van der Waals surface area contributed by atoms with E-state index in [2.05, 4.69) is 17.1 Å². The standard InChI is InChI=1S/C15H19N3O2S/c1-2-3-7-17-8-6-16-10-14-15(17)12-9-11(18(19)20)4-5-13(12)21-14/h4-5,9,16H,2-3,6-8,10H2,1H3. The largest absolute Gasteiger partial charge is 0.369 e. The maximum atomic E-state index is 11.0. The Hall–Kier alpha value is -1.66. The first-order valence-corrected chi connectivity index (χ1v) is 8.18. The molecule has 6 heteroatoms. The predicted octanol–water partition coefficient (Wildman–Crippen LogP) is 3.52. The van der Waals surface area contributed by atoms with E-state index < -0.39 is 0 Å². The molecule has 1 N–H and O–H groups in total. The smallest absolute Gasteiger partial charge is 0.270 e. The third kappa shape index (κ3) is 2.73. The van der Waals surface area contributed by atoms with Crippen molar-refractivity contribution in [2.75, 3.05) is 24.5 Å². The van der Waals surface area contributed by atoms with E-state index >= 15 is 0 Å². The van der Waals surface area contributed by atoms with Gasteiger partial charge in [0, 0.05) is 53.3 Å². The molecule has 1 aliphatic rings. The van der Waals surface area contributed by atoms with Crippen LogP contribution in [0.25, 0.3) is 10.1 Å². The highest BCUT2D eigenvalue weighted by Crippen LogP contribution is 2.40. The summed E-state index contributed by atoms with van der Waals surface area (Å²) in [5.74, 6) is 0. The summed E-state index contributed by atoms with van der Waals surface area (Å²) in [6.07, 6.45) is 2.30. The predicted molar refractivity (Wildman–Crippen MR) is 87.3 cm³/mol. The Morgan fingerprint density at radius 1 is 1.48 bits per heavy atom. The monoisotopic (exact) mass is 305 g/mol. The highest BCUT2D eigenvalue weighted by Gasteiger charge is 2.22. The van der Waals surface area contributed by atoms with Gasteiger partial charge in [0.1, 0.15) is 0 Å². The number of anilines is 1. The van der Waals surface area contributed by atoms with E-state index in [1.54, 1.807) is 23.5 Å². The summed E-state index contributed by atoms with van der Waals surface area (Å²) < 4.78 is 1.13. The second kappa shape index (κ2) is 5.99. The van der Waals surface area contributed by atoms with Crippen molar-refractivity contribution >= 4 is 32.8 Å². The van der Waals surface area contributed by atoms with E-state index in [9.17, 15) is 10.1 Å². The van der Waals surface area contributed by atoms with Gasteiger partial charge in [-0.15, -0.1) is 11.3 Å². The quantitative estimate of drug-likeness (QED) is 0.693. The first-order chi connectivity index (χ1) is 10.2. The normalized spacial score (nSPS) is 15.0. The van der Waals surface area contributed by atoms with Gasteiger partial charge < -0.3 is 10.2 Å². The molecule has 0 saturated carbocycles. The minimum atomic E-state index is -0.311. The van der Waals surface area contributed by atoms with E-state index in [0.29, 0.717) is 0 Å². The minimum absolute atomic E-state index is 0.177. The number of rotatable bonds is 4. The van der Waals surface area contributed by atoms with Gasteiger partial charge in [-0.3, -0.25) is 10.1 Å². The molecule has 0 atom stereocenters. The molecule has 3 rings (SSSR count). The van der Waals surface area contributed by atoms with Crippen molar-refractivity contribution in [3.63, 3.8) is 0 Å². The molecule has 0 fully saturated rings. The second-order valence-electron chi connectivity index (χ2n) is 5.33. The van der Waals surface area contributed by atoms with Crippen molar-refractivity contribution in [2.45, 2.75) is 26.3 Å². The van der Waals surface area contributed by atoms with Crippen LogP contribution in [-0.4, -0.2) is 24.6 Å². The summed E-state index contributed by atoms with van der Waals surface area (Å²) in [5.41, 5.74) is 1.38. The molecule has 0 amide bonds.